The third kappa shape index (κ3) is 2.56. The van der Waals surface area contributed by atoms with Gasteiger partial charge in [0.1, 0.15) is 17.5 Å². The Morgan fingerprint density at radius 1 is 1.39 bits per heavy atom. The number of aryl methyl sites for hydroxylation is 1. The number of hydrogen-bond acceptors (Lipinski definition) is 5. The topological polar surface area (TPSA) is 67.1 Å². The van der Waals surface area contributed by atoms with Crippen LogP contribution in [0.1, 0.15) is 37.6 Å². The highest BCUT2D eigenvalue weighted by Crippen LogP contribution is 2.29. The molecule has 2 heterocycles. The highest BCUT2D eigenvalue weighted by molar-refractivity contribution is 5.58. The van der Waals surface area contributed by atoms with Crippen molar-refractivity contribution in [2.75, 3.05) is 23.4 Å². The van der Waals surface area contributed by atoms with E-state index in [1.165, 1.54) is 19.3 Å². The number of nitrogens with two attached hydrogens (primary N) is 1. The fourth-order valence-electron chi connectivity index (χ4n) is 2.73. The van der Waals surface area contributed by atoms with E-state index in [4.69, 9.17) is 5.84 Å². The number of nitrogens with one attached hydrogen (secondary N) is 1. The van der Waals surface area contributed by atoms with Crippen molar-refractivity contribution in [2.45, 2.75) is 40.0 Å². The van der Waals surface area contributed by atoms with Crippen LogP contribution in [-0.2, 0) is 0 Å². The van der Waals surface area contributed by atoms with Gasteiger partial charge < -0.3 is 10.3 Å². The molecule has 100 valence electrons. The molecule has 1 aliphatic heterocycles. The third-order valence-corrected chi connectivity index (χ3v) is 3.65. The van der Waals surface area contributed by atoms with E-state index in [0.717, 1.165) is 42.0 Å². The number of nitrogen functional groups attached to an aromatic ring is 1. The van der Waals surface area contributed by atoms with Gasteiger partial charge in [-0.25, -0.2) is 15.8 Å². The van der Waals surface area contributed by atoms with Crippen LogP contribution in [-0.4, -0.2) is 23.1 Å². The van der Waals surface area contributed by atoms with Crippen molar-refractivity contribution < 1.29 is 0 Å². The van der Waals surface area contributed by atoms with Crippen LogP contribution in [0.15, 0.2) is 0 Å². The molecule has 0 aromatic carbocycles. The Labute approximate surface area is 109 Å². The van der Waals surface area contributed by atoms with E-state index in [-0.39, 0.29) is 0 Å². The Hall–Kier alpha value is -1.36. The van der Waals surface area contributed by atoms with Gasteiger partial charge in [-0.15, -0.1) is 0 Å². The first-order valence-corrected chi connectivity index (χ1v) is 6.72. The fourth-order valence-corrected chi connectivity index (χ4v) is 2.73. The lowest BCUT2D eigenvalue weighted by Crippen LogP contribution is -2.24. The lowest BCUT2D eigenvalue weighted by atomic mass is 10.0. The molecule has 0 bridgehead atoms. The maximum atomic E-state index is 5.50. The van der Waals surface area contributed by atoms with Crippen LogP contribution >= 0.6 is 0 Å². The normalized spacial score (nSPS) is 19.3. The number of anilines is 2. The first kappa shape index (κ1) is 13.1. The molecular formula is C13H23N5. The first-order chi connectivity index (χ1) is 8.65. The van der Waals surface area contributed by atoms with Crippen molar-refractivity contribution in [1.29, 1.82) is 0 Å². The fraction of sp³-hybridized carbons (Fsp3) is 0.692. The molecule has 0 aliphatic carbocycles. The highest BCUT2D eigenvalue weighted by Gasteiger charge is 2.25. The van der Waals surface area contributed by atoms with Crippen LogP contribution in [0.3, 0.4) is 0 Å². The molecule has 1 fully saturated rings. The van der Waals surface area contributed by atoms with E-state index < -0.39 is 0 Å². The van der Waals surface area contributed by atoms with Gasteiger partial charge in [0.05, 0.1) is 0 Å². The van der Waals surface area contributed by atoms with Gasteiger partial charge >= 0.3 is 0 Å². The zero-order valence-electron chi connectivity index (χ0n) is 11.5. The summed E-state index contributed by atoms with van der Waals surface area (Å²) in [6.45, 7) is 8.38. The summed E-state index contributed by atoms with van der Waals surface area (Å²) in [4.78, 5) is 11.2. The molecule has 3 N–H and O–H groups in total. The molecule has 1 aliphatic rings. The number of hydrogen-bond donors (Lipinski definition) is 2. The van der Waals surface area contributed by atoms with Gasteiger partial charge in [0.2, 0.25) is 0 Å². The lowest BCUT2D eigenvalue weighted by Gasteiger charge is -2.21. The van der Waals surface area contributed by atoms with E-state index >= 15 is 0 Å². The number of hydrazine groups is 1. The van der Waals surface area contributed by atoms with Gasteiger partial charge in [-0.2, -0.15) is 0 Å². The quantitative estimate of drug-likeness (QED) is 0.631. The number of rotatable bonds is 4. The van der Waals surface area contributed by atoms with Crippen molar-refractivity contribution in [1.82, 2.24) is 9.97 Å². The molecule has 5 heteroatoms. The Morgan fingerprint density at radius 3 is 2.83 bits per heavy atom. The zero-order valence-corrected chi connectivity index (χ0v) is 11.5. The van der Waals surface area contributed by atoms with Crippen molar-refractivity contribution in [2.24, 2.45) is 11.8 Å². The second-order valence-electron chi connectivity index (χ2n) is 5.10. The van der Waals surface area contributed by atoms with E-state index in [1.807, 2.05) is 13.8 Å². The van der Waals surface area contributed by atoms with Crippen molar-refractivity contribution >= 4 is 11.6 Å². The summed E-state index contributed by atoms with van der Waals surface area (Å²) in [5, 5.41) is 0. The Balaban J connectivity index is 2.21. The smallest absolute Gasteiger partial charge is 0.148 e. The molecule has 0 spiro atoms. The Kier molecular flexibility index (Phi) is 4.01. The van der Waals surface area contributed by atoms with Crippen molar-refractivity contribution in [3.63, 3.8) is 0 Å². The SMILES string of the molecule is CCCC1CCN(c2nc(C)nc(NN)c2C)C1. The molecule has 2 rings (SSSR count). The average molecular weight is 249 g/mol. The monoisotopic (exact) mass is 249 g/mol. The van der Waals surface area contributed by atoms with Crippen LogP contribution in [0.4, 0.5) is 11.6 Å². The van der Waals surface area contributed by atoms with E-state index in [0.29, 0.717) is 0 Å². The molecule has 0 saturated carbocycles. The summed E-state index contributed by atoms with van der Waals surface area (Å²) in [5.74, 6) is 8.84. The van der Waals surface area contributed by atoms with Crippen LogP contribution < -0.4 is 16.2 Å². The van der Waals surface area contributed by atoms with Gasteiger partial charge in [-0.05, 0) is 32.6 Å². The minimum Gasteiger partial charge on any atom is -0.356 e. The molecule has 1 aromatic rings. The van der Waals surface area contributed by atoms with Gasteiger partial charge in [0, 0.05) is 18.7 Å². The second-order valence-corrected chi connectivity index (χ2v) is 5.10. The lowest BCUT2D eigenvalue weighted by molar-refractivity contribution is 0.529. The maximum absolute atomic E-state index is 5.50. The molecule has 1 unspecified atom stereocenters. The zero-order chi connectivity index (χ0) is 13.1. The molecule has 0 amide bonds. The van der Waals surface area contributed by atoms with Gasteiger partial charge in [-0.3, -0.25) is 0 Å². The maximum Gasteiger partial charge on any atom is 0.148 e. The number of nitrogens with zero attached hydrogens (tertiary/aromatic N) is 3. The Bertz CT molecular complexity index is 418. The third-order valence-electron chi connectivity index (χ3n) is 3.65. The summed E-state index contributed by atoms with van der Waals surface area (Å²) in [7, 11) is 0. The summed E-state index contributed by atoms with van der Waals surface area (Å²) in [6.07, 6.45) is 3.83. The van der Waals surface area contributed by atoms with E-state index in [1.54, 1.807) is 0 Å². The van der Waals surface area contributed by atoms with Crippen LogP contribution in [0.25, 0.3) is 0 Å². The van der Waals surface area contributed by atoms with Crippen molar-refractivity contribution in [3.8, 4) is 0 Å². The molecule has 0 radical (unpaired) electrons. The summed E-state index contributed by atoms with van der Waals surface area (Å²) in [5.41, 5.74) is 3.70. The molecular weight excluding hydrogens is 226 g/mol. The summed E-state index contributed by atoms with van der Waals surface area (Å²) >= 11 is 0. The van der Waals surface area contributed by atoms with Gasteiger partial charge in [0.15, 0.2) is 0 Å². The molecule has 18 heavy (non-hydrogen) atoms. The standard InChI is InChI=1S/C13H23N5/c1-4-5-11-6-7-18(8-11)13-9(2)12(17-14)15-10(3)16-13/h11H,4-8,14H2,1-3H3,(H,15,16,17). The first-order valence-electron chi connectivity index (χ1n) is 6.72. The molecule has 5 nitrogen and oxygen atoms in total. The minimum atomic E-state index is 0.733. The second kappa shape index (κ2) is 5.52. The summed E-state index contributed by atoms with van der Waals surface area (Å²) < 4.78 is 0. The van der Waals surface area contributed by atoms with Gasteiger partial charge in [0.25, 0.3) is 0 Å². The van der Waals surface area contributed by atoms with Crippen molar-refractivity contribution in [3.05, 3.63) is 11.4 Å². The Morgan fingerprint density at radius 2 is 2.17 bits per heavy atom. The van der Waals surface area contributed by atoms with E-state index in [2.05, 4.69) is 27.2 Å². The van der Waals surface area contributed by atoms with Crippen LogP contribution in [0.2, 0.25) is 0 Å². The molecule has 1 saturated heterocycles. The van der Waals surface area contributed by atoms with Crippen LogP contribution in [0, 0.1) is 19.8 Å². The largest absolute Gasteiger partial charge is 0.356 e. The van der Waals surface area contributed by atoms with E-state index in [9.17, 15) is 0 Å². The predicted octanol–water partition coefficient (Wildman–Crippen LogP) is 2.01. The molecule has 1 atom stereocenters. The average Bonchev–Trinajstić information content (AvgIpc) is 2.80. The highest BCUT2D eigenvalue weighted by atomic mass is 15.3. The molecule has 1 aromatic heterocycles. The van der Waals surface area contributed by atoms with Gasteiger partial charge in [-0.1, -0.05) is 13.3 Å². The minimum absolute atomic E-state index is 0.733. The predicted molar refractivity (Wildman–Crippen MR) is 74.5 cm³/mol. The van der Waals surface area contributed by atoms with Crippen LogP contribution in [0.5, 0.6) is 0 Å². The summed E-state index contributed by atoms with van der Waals surface area (Å²) in [6, 6.07) is 0. The number of aromatic nitrogens is 2.